The van der Waals surface area contributed by atoms with Gasteiger partial charge in [-0.1, -0.05) is 6.92 Å². The molecule has 0 aliphatic heterocycles. The van der Waals surface area contributed by atoms with Gasteiger partial charge in [-0.25, -0.2) is 0 Å². The second-order valence-corrected chi connectivity index (χ2v) is 4.45. The Bertz CT molecular complexity index is 535. The number of anilines is 1. The average Bonchev–Trinajstić information content (AvgIpc) is 2.41. The van der Waals surface area contributed by atoms with Gasteiger partial charge in [-0.2, -0.15) is 0 Å². The molecule has 0 atom stereocenters. The third-order valence-corrected chi connectivity index (χ3v) is 2.72. The van der Waals surface area contributed by atoms with Gasteiger partial charge in [-0.05, 0) is 61.4 Å². The topological polar surface area (TPSA) is 44.5 Å². The van der Waals surface area contributed by atoms with Crippen LogP contribution < -0.4 is 15.2 Å². The molecule has 2 N–H and O–H groups in total. The van der Waals surface area contributed by atoms with Crippen molar-refractivity contribution in [3.63, 3.8) is 0 Å². The number of nitrogens with two attached hydrogens (primary N) is 1. The summed E-state index contributed by atoms with van der Waals surface area (Å²) in [5.74, 6) is 2.47. The van der Waals surface area contributed by atoms with E-state index in [0.717, 1.165) is 41.5 Å². The third kappa shape index (κ3) is 3.65. The van der Waals surface area contributed by atoms with Crippen LogP contribution in [-0.4, -0.2) is 6.61 Å². The number of aryl methyl sites for hydroxylation is 1. The second-order valence-electron chi connectivity index (χ2n) is 4.45. The Hall–Kier alpha value is -2.16. The minimum Gasteiger partial charge on any atom is -0.494 e. The normalized spacial score (nSPS) is 10.2. The van der Waals surface area contributed by atoms with E-state index in [2.05, 4.69) is 6.92 Å². The van der Waals surface area contributed by atoms with Gasteiger partial charge in [0.25, 0.3) is 0 Å². The molecule has 0 aliphatic rings. The van der Waals surface area contributed by atoms with Crippen LogP contribution >= 0.6 is 0 Å². The zero-order valence-corrected chi connectivity index (χ0v) is 11.3. The van der Waals surface area contributed by atoms with Crippen LogP contribution in [0.2, 0.25) is 0 Å². The third-order valence-electron chi connectivity index (χ3n) is 2.72. The van der Waals surface area contributed by atoms with Crippen molar-refractivity contribution >= 4 is 5.69 Å². The molecule has 0 aromatic heterocycles. The van der Waals surface area contributed by atoms with Gasteiger partial charge in [0, 0.05) is 5.69 Å². The molecule has 0 saturated heterocycles. The van der Waals surface area contributed by atoms with Crippen LogP contribution in [0.4, 0.5) is 5.69 Å². The Labute approximate surface area is 114 Å². The lowest BCUT2D eigenvalue weighted by Gasteiger charge is -2.10. The predicted octanol–water partition coefficient (Wildman–Crippen LogP) is 4.16. The molecule has 100 valence electrons. The van der Waals surface area contributed by atoms with Crippen molar-refractivity contribution in [1.29, 1.82) is 0 Å². The number of rotatable bonds is 5. The molecule has 0 fully saturated rings. The first kappa shape index (κ1) is 13.3. The van der Waals surface area contributed by atoms with Crippen molar-refractivity contribution in [2.75, 3.05) is 12.3 Å². The summed E-state index contributed by atoms with van der Waals surface area (Å²) >= 11 is 0. The van der Waals surface area contributed by atoms with Crippen LogP contribution in [0.3, 0.4) is 0 Å². The largest absolute Gasteiger partial charge is 0.494 e. The van der Waals surface area contributed by atoms with Gasteiger partial charge in [0.15, 0.2) is 0 Å². The Morgan fingerprint density at radius 3 is 2.32 bits per heavy atom. The van der Waals surface area contributed by atoms with Gasteiger partial charge in [-0.3, -0.25) is 0 Å². The zero-order valence-electron chi connectivity index (χ0n) is 11.3. The van der Waals surface area contributed by atoms with Crippen LogP contribution in [0.15, 0.2) is 42.5 Å². The second kappa shape index (κ2) is 6.14. The number of hydrogen-bond donors (Lipinski definition) is 1. The lowest BCUT2D eigenvalue weighted by molar-refractivity contribution is 0.317. The van der Waals surface area contributed by atoms with Crippen molar-refractivity contribution in [3.8, 4) is 17.2 Å². The Balaban J connectivity index is 2.06. The molecule has 19 heavy (non-hydrogen) atoms. The van der Waals surface area contributed by atoms with Crippen LogP contribution in [0.25, 0.3) is 0 Å². The molecule has 3 heteroatoms. The molecule has 0 unspecified atom stereocenters. The Kier molecular flexibility index (Phi) is 4.29. The summed E-state index contributed by atoms with van der Waals surface area (Å²) in [6.07, 6.45) is 1.00. The molecular weight excluding hydrogens is 238 g/mol. The highest BCUT2D eigenvalue weighted by atomic mass is 16.5. The minimum absolute atomic E-state index is 0.733. The van der Waals surface area contributed by atoms with E-state index in [1.165, 1.54) is 0 Å². The molecule has 2 rings (SSSR count). The highest BCUT2D eigenvalue weighted by Crippen LogP contribution is 2.27. The van der Waals surface area contributed by atoms with Gasteiger partial charge < -0.3 is 15.2 Å². The fourth-order valence-corrected chi connectivity index (χ4v) is 1.74. The van der Waals surface area contributed by atoms with E-state index < -0.39 is 0 Å². The van der Waals surface area contributed by atoms with Gasteiger partial charge in [0.1, 0.15) is 17.2 Å². The highest BCUT2D eigenvalue weighted by Gasteiger charge is 2.02. The number of hydrogen-bond acceptors (Lipinski definition) is 3. The van der Waals surface area contributed by atoms with Gasteiger partial charge >= 0.3 is 0 Å². The summed E-state index contributed by atoms with van der Waals surface area (Å²) in [5, 5.41) is 0. The van der Waals surface area contributed by atoms with Crippen molar-refractivity contribution in [2.45, 2.75) is 20.3 Å². The summed E-state index contributed by atoms with van der Waals surface area (Å²) in [7, 11) is 0. The molecule has 0 radical (unpaired) electrons. The minimum atomic E-state index is 0.733. The monoisotopic (exact) mass is 257 g/mol. The van der Waals surface area contributed by atoms with E-state index in [1.54, 1.807) is 0 Å². The van der Waals surface area contributed by atoms with Gasteiger partial charge in [0.2, 0.25) is 0 Å². The van der Waals surface area contributed by atoms with Crippen molar-refractivity contribution in [2.24, 2.45) is 0 Å². The fraction of sp³-hybridized carbons (Fsp3) is 0.250. The van der Waals surface area contributed by atoms with Crippen LogP contribution in [0.1, 0.15) is 18.9 Å². The molecule has 2 aromatic carbocycles. The summed E-state index contributed by atoms with van der Waals surface area (Å²) in [6.45, 7) is 4.79. The lowest BCUT2D eigenvalue weighted by atomic mass is 10.2. The number of benzene rings is 2. The molecule has 2 aromatic rings. The molecule has 0 spiro atoms. The molecule has 0 heterocycles. The standard InChI is InChI=1S/C16H19NO2/c1-3-10-18-14-5-7-15(8-6-14)19-16-9-4-13(17)11-12(16)2/h4-9,11H,3,10,17H2,1-2H3. The number of ether oxygens (including phenoxy) is 2. The highest BCUT2D eigenvalue weighted by molar-refractivity contribution is 5.48. The first-order valence-electron chi connectivity index (χ1n) is 6.46. The Morgan fingerprint density at radius 2 is 1.68 bits per heavy atom. The van der Waals surface area contributed by atoms with Crippen molar-refractivity contribution in [1.82, 2.24) is 0 Å². The van der Waals surface area contributed by atoms with E-state index in [9.17, 15) is 0 Å². The maximum Gasteiger partial charge on any atom is 0.130 e. The smallest absolute Gasteiger partial charge is 0.130 e. The fourth-order valence-electron chi connectivity index (χ4n) is 1.74. The zero-order chi connectivity index (χ0) is 13.7. The van der Waals surface area contributed by atoms with E-state index in [0.29, 0.717) is 0 Å². The first-order valence-corrected chi connectivity index (χ1v) is 6.46. The van der Waals surface area contributed by atoms with E-state index in [-0.39, 0.29) is 0 Å². The lowest BCUT2D eigenvalue weighted by Crippen LogP contribution is -1.95. The van der Waals surface area contributed by atoms with Gasteiger partial charge in [-0.15, -0.1) is 0 Å². The van der Waals surface area contributed by atoms with Gasteiger partial charge in [0.05, 0.1) is 6.61 Å². The van der Waals surface area contributed by atoms with Crippen molar-refractivity contribution in [3.05, 3.63) is 48.0 Å². The van der Waals surface area contributed by atoms with E-state index in [4.69, 9.17) is 15.2 Å². The summed E-state index contributed by atoms with van der Waals surface area (Å²) < 4.78 is 11.3. The van der Waals surface area contributed by atoms with Crippen LogP contribution in [0.5, 0.6) is 17.2 Å². The van der Waals surface area contributed by atoms with E-state index in [1.807, 2.05) is 49.4 Å². The summed E-state index contributed by atoms with van der Waals surface area (Å²) in [5.41, 5.74) is 7.48. The summed E-state index contributed by atoms with van der Waals surface area (Å²) in [4.78, 5) is 0. The maximum absolute atomic E-state index is 5.81. The Morgan fingerprint density at radius 1 is 1.00 bits per heavy atom. The molecule has 3 nitrogen and oxygen atoms in total. The molecular formula is C16H19NO2. The molecule has 0 aliphatic carbocycles. The summed E-state index contributed by atoms with van der Waals surface area (Å²) in [6, 6.07) is 13.2. The first-order chi connectivity index (χ1) is 9.19. The SMILES string of the molecule is CCCOc1ccc(Oc2ccc(N)cc2C)cc1. The predicted molar refractivity (Wildman–Crippen MR) is 77.9 cm³/mol. The van der Waals surface area contributed by atoms with Crippen molar-refractivity contribution < 1.29 is 9.47 Å². The average molecular weight is 257 g/mol. The number of nitrogen functional groups attached to an aromatic ring is 1. The maximum atomic E-state index is 5.81. The molecule has 0 amide bonds. The van der Waals surface area contributed by atoms with Crippen LogP contribution in [0, 0.1) is 6.92 Å². The van der Waals surface area contributed by atoms with Crippen LogP contribution in [-0.2, 0) is 0 Å². The molecule has 0 bridgehead atoms. The quantitative estimate of drug-likeness (QED) is 0.818. The van der Waals surface area contributed by atoms with E-state index >= 15 is 0 Å². The molecule has 0 saturated carbocycles.